The standard InChI is InChI=1S/C4H10N2OS/c1-2-3(7)6-4(5)8-2/h2-4,6-7H,5H2,1H3. The summed E-state index contributed by atoms with van der Waals surface area (Å²) in [5, 5.41) is 11.9. The molecule has 0 radical (unpaired) electrons. The van der Waals surface area contributed by atoms with Gasteiger partial charge in [0.1, 0.15) is 11.7 Å². The molecule has 1 saturated heterocycles. The van der Waals surface area contributed by atoms with Gasteiger partial charge in [0.15, 0.2) is 0 Å². The second-order valence-electron chi connectivity index (χ2n) is 1.87. The van der Waals surface area contributed by atoms with Crippen molar-refractivity contribution < 1.29 is 5.11 Å². The van der Waals surface area contributed by atoms with Crippen molar-refractivity contribution in [2.45, 2.75) is 23.9 Å². The first-order chi connectivity index (χ1) is 3.70. The summed E-state index contributed by atoms with van der Waals surface area (Å²) >= 11 is 1.55. The molecular formula is C4H10N2OS. The molecule has 8 heavy (non-hydrogen) atoms. The van der Waals surface area contributed by atoms with Crippen LogP contribution in [0.25, 0.3) is 0 Å². The largest absolute Gasteiger partial charge is 0.377 e. The molecule has 0 spiro atoms. The Labute approximate surface area is 52.6 Å². The highest BCUT2D eigenvalue weighted by atomic mass is 32.2. The first kappa shape index (κ1) is 6.35. The van der Waals surface area contributed by atoms with Gasteiger partial charge in [0, 0.05) is 5.25 Å². The van der Waals surface area contributed by atoms with E-state index in [2.05, 4.69) is 5.32 Å². The lowest BCUT2D eigenvalue weighted by Crippen LogP contribution is -2.36. The number of aliphatic hydroxyl groups is 1. The Morgan fingerprint density at radius 2 is 2.38 bits per heavy atom. The molecule has 1 fully saturated rings. The molecule has 0 bridgehead atoms. The van der Waals surface area contributed by atoms with Gasteiger partial charge in [0.2, 0.25) is 0 Å². The minimum Gasteiger partial charge on any atom is -0.377 e. The molecule has 1 heterocycles. The van der Waals surface area contributed by atoms with Crippen LogP contribution in [0.15, 0.2) is 0 Å². The van der Waals surface area contributed by atoms with Gasteiger partial charge in [-0.2, -0.15) is 0 Å². The van der Waals surface area contributed by atoms with Crippen molar-refractivity contribution in [1.82, 2.24) is 5.32 Å². The summed E-state index contributed by atoms with van der Waals surface area (Å²) in [4.78, 5) is 0. The van der Waals surface area contributed by atoms with Crippen molar-refractivity contribution in [3.63, 3.8) is 0 Å². The van der Waals surface area contributed by atoms with Gasteiger partial charge in [-0.05, 0) is 6.92 Å². The Kier molecular flexibility index (Phi) is 1.77. The number of thioether (sulfide) groups is 1. The van der Waals surface area contributed by atoms with Crippen LogP contribution >= 0.6 is 11.8 Å². The second kappa shape index (κ2) is 2.23. The average molecular weight is 134 g/mol. The lowest BCUT2D eigenvalue weighted by Gasteiger charge is -2.03. The Morgan fingerprint density at radius 1 is 1.75 bits per heavy atom. The highest BCUT2D eigenvalue weighted by molar-refractivity contribution is 8.00. The number of nitrogens with one attached hydrogen (secondary N) is 1. The Morgan fingerprint density at radius 3 is 2.50 bits per heavy atom. The van der Waals surface area contributed by atoms with Crippen LogP contribution in [0.4, 0.5) is 0 Å². The van der Waals surface area contributed by atoms with E-state index in [1.807, 2.05) is 6.92 Å². The van der Waals surface area contributed by atoms with E-state index in [1.54, 1.807) is 11.8 Å². The summed E-state index contributed by atoms with van der Waals surface area (Å²) in [5.74, 6) is 0. The number of nitrogens with two attached hydrogens (primary N) is 1. The lowest BCUT2D eigenvalue weighted by atomic mass is 10.4. The van der Waals surface area contributed by atoms with Gasteiger partial charge < -0.3 is 10.8 Å². The average Bonchev–Trinajstić information content (AvgIpc) is 1.85. The number of hydrogen-bond acceptors (Lipinski definition) is 4. The van der Waals surface area contributed by atoms with Crippen LogP contribution in [0.2, 0.25) is 0 Å². The van der Waals surface area contributed by atoms with Gasteiger partial charge in [-0.15, -0.1) is 11.8 Å². The van der Waals surface area contributed by atoms with E-state index < -0.39 is 6.23 Å². The van der Waals surface area contributed by atoms with Gasteiger partial charge in [0.05, 0.1) is 0 Å². The van der Waals surface area contributed by atoms with Crippen molar-refractivity contribution in [1.29, 1.82) is 0 Å². The third kappa shape index (κ3) is 1.14. The zero-order chi connectivity index (χ0) is 6.15. The molecule has 0 aromatic carbocycles. The predicted molar refractivity (Wildman–Crippen MR) is 34.2 cm³/mol. The summed E-state index contributed by atoms with van der Waals surface area (Å²) < 4.78 is 0. The molecule has 1 rings (SSSR count). The van der Waals surface area contributed by atoms with E-state index in [1.165, 1.54) is 0 Å². The van der Waals surface area contributed by atoms with Crippen molar-refractivity contribution in [2.75, 3.05) is 0 Å². The first-order valence-electron chi connectivity index (χ1n) is 2.55. The van der Waals surface area contributed by atoms with Gasteiger partial charge >= 0.3 is 0 Å². The summed E-state index contributed by atoms with van der Waals surface area (Å²) in [7, 11) is 0. The molecule has 1 aliphatic heterocycles. The van der Waals surface area contributed by atoms with Crippen LogP contribution in [0.3, 0.4) is 0 Å². The van der Waals surface area contributed by atoms with Crippen LogP contribution in [0.1, 0.15) is 6.92 Å². The highest BCUT2D eigenvalue weighted by Gasteiger charge is 2.26. The van der Waals surface area contributed by atoms with Crippen LogP contribution in [0, 0.1) is 0 Å². The lowest BCUT2D eigenvalue weighted by molar-refractivity contribution is 0.147. The van der Waals surface area contributed by atoms with Crippen LogP contribution < -0.4 is 11.1 Å². The Hall–Kier alpha value is 0.230. The van der Waals surface area contributed by atoms with E-state index in [4.69, 9.17) is 10.8 Å². The second-order valence-corrected chi connectivity index (χ2v) is 3.40. The molecule has 0 aromatic heterocycles. The van der Waals surface area contributed by atoms with Gasteiger partial charge in [0.25, 0.3) is 0 Å². The third-order valence-corrected chi connectivity index (χ3v) is 2.26. The fourth-order valence-corrected chi connectivity index (χ4v) is 1.56. The zero-order valence-corrected chi connectivity index (χ0v) is 5.48. The van der Waals surface area contributed by atoms with Crippen LogP contribution in [-0.2, 0) is 0 Å². The van der Waals surface area contributed by atoms with E-state index in [9.17, 15) is 0 Å². The zero-order valence-electron chi connectivity index (χ0n) is 4.66. The van der Waals surface area contributed by atoms with Crippen molar-refractivity contribution in [3.05, 3.63) is 0 Å². The fraction of sp³-hybridized carbons (Fsp3) is 1.00. The van der Waals surface area contributed by atoms with E-state index in [0.29, 0.717) is 0 Å². The molecule has 4 heteroatoms. The van der Waals surface area contributed by atoms with Crippen LogP contribution in [0.5, 0.6) is 0 Å². The number of aliphatic hydroxyl groups excluding tert-OH is 1. The molecule has 3 nitrogen and oxygen atoms in total. The Bertz CT molecular complexity index is 80.1. The van der Waals surface area contributed by atoms with E-state index in [0.717, 1.165) is 0 Å². The highest BCUT2D eigenvalue weighted by Crippen LogP contribution is 2.21. The minimum atomic E-state index is -0.421. The fourth-order valence-electron chi connectivity index (χ4n) is 0.649. The molecule has 48 valence electrons. The van der Waals surface area contributed by atoms with Crippen molar-refractivity contribution in [2.24, 2.45) is 5.73 Å². The number of rotatable bonds is 0. The monoisotopic (exact) mass is 134 g/mol. The summed E-state index contributed by atoms with van der Waals surface area (Å²) in [6.45, 7) is 1.94. The SMILES string of the molecule is CC1SC(N)NC1O. The molecule has 3 atom stereocenters. The minimum absolute atomic E-state index is 0.0833. The topological polar surface area (TPSA) is 58.3 Å². The van der Waals surface area contributed by atoms with E-state index in [-0.39, 0.29) is 10.7 Å². The maximum absolute atomic E-state index is 8.96. The van der Waals surface area contributed by atoms with Gasteiger partial charge in [-0.25, -0.2) is 0 Å². The van der Waals surface area contributed by atoms with Crippen molar-refractivity contribution in [3.8, 4) is 0 Å². The summed E-state index contributed by atoms with van der Waals surface area (Å²) in [5.41, 5.74) is 5.32. The molecule has 0 saturated carbocycles. The van der Waals surface area contributed by atoms with E-state index >= 15 is 0 Å². The molecule has 3 unspecified atom stereocenters. The molecule has 4 N–H and O–H groups in total. The number of hydrogen-bond donors (Lipinski definition) is 3. The van der Waals surface area contributed by atoms with Crippen molar-refractivity contribution >= 4 is 11.8 Å². The van der Waals surface area contributed by atoms with Gasteiger partial charge in [-0.1, -0.05) is 0 Å². The normalized spacial score (nSPS) is 47.6. The Balaban J connectivity index is 2.39. The van der Waals surface area contributed by atoms with Gasteiger partial charge in [-0.3, -0.25) is 5.32 Å². The molecule has 0 amide bonds. The first-order valence-corrected chi connectivity index (χ1v) is 3.49. The quantitative estimate of drug-likeness (QED) is 0.409. The molecule has 0 aromatic rings. The van der Waals surface area contributed by atoms with Crippen LogP contribution in [-0.4, -0.2) is 22.1 Å². The maximum atomic E-state index is 8.96. The maximum Gasteiger partial charge on any atom is 0.118 e. The molecule has 0 aliphatic carbocycles. The smallest absolute Gasteiger partial charge is 0.118 e. The summed E-state index contributed by atoms with van der Waals surface area (Å²) in [6, 6.07) is 0. The molecular weight excluding hydrogens is 124 g/mol. The summed E-state index contributed by atoms with van der Waals surface area (Å²) in [6.07, 6.45) is -0.421. The predicted octanol–water partition coefficient (Wildman–Crippen LogP) is -0.728. The third-order valence-electron chi connectivity index (χ3n) is 1.14. The molecule has 1 aliphatic rings.